The molecule has 0 aromatic carbocycles. The fraction of sp³-hybridized carbons (Fsp3) is 0.455. The third-order valence-corrected chi connectivity index (χ3v) is 3.02. The zero-order valence-electron chi connectivity index (χ0n) is 10.3. The van der Waals surface area contributed by atoms with Crippen molar-refractivity contribution < 1.29 is 13.9 Å². The topological polar surface area (TPSA) is 84.0 Å². The summed E-state index contributed by atoms with van der Waals surface area (Å²) in [4.78, 5) is 27.0. The average molecular weight is 265 g/mol. The highest BCUT2D eigenvalue weighted by Gasteiger charge is 2.28. The van der Waals surface area contributed by atoms with Crippen molar-refractivity contribution in [2.24, 2.45) is 0 Å². The van der Waals surface area contributed by atoms with Crippen LogP contribution in [-0.4, -0.2) is 45.1 Å². The maximum atomic E-state index is 13.3. The molecule has 0 amide bonds. The van der Waals surface area contributed by atoms with Crippen LogP contribution in [0.15, 0.2) is 6.33 Å². The number of nitrogens with one attached hydrogen (secondary N) is 1. The van der Waals surface area contributed by atoms with Crippen LogP contribution in [-0.2, 0) is 9.53 Å². The first-order valence-corrected chi connectivity index (χ1v) is 5.92. The van der Waals surface area contributed by atoms with E-state index in [9.17, 15) is 9.18 Å². The van der Waals surface area contributed by atoms with Gasteiger partial charge in [-0.05, 0) is 0 Å². The van der Waals surface area contributed by atoms with E-state index >= 15 is 0 Å². The third kappa shape index (κ3) is 2.20. The molecule has 8 heteroatoms. The largest absolute Gasteiger partial charge is 0.461 e. The Morgan fingerprint density at radius 2 is 2.42 bits per heavy atom. The highest BCUT2D eigenvalue weighted by molar-refractivity contribution is 5.82. The Labute approximate surface area is 107 Å². The fourth-order valence-corrected chi connectivity index (χ4v) is 2.27. The van der Waals surface area contributed by atoms with Crippen LogP contribution in [0, 0.1) is 6.08 Å². The standard InChI is InChI=1S/C11H12FN5O2/c1-6(18)19-7-2-3-17(4-7)10-8-9(14-5-13-8)15-11(12)16-10/h5,7H,2-4H2,1H3,(H,13,14,15,16)/t7-/m0/s1. The Morgan fingerprint density at radius 3 is 3.21 bits per heavy atom. The molecule has 0 bridgehead atoms. The van der Waals surface area contributed by atoms with Crippen LogP contribution < -0.4 is 4.90 Å². The van der Waals surface area contributed by atoms with Gasteiger partial charge in [0, 0.05) is 19.9 Å². The quantitative estimate of drug-likeness (QED) is 0.633. The van der Waals surface area contributed by atoms with Crippen molar-refractivity contribution in [3.05, 3.63) is 12.4 Å². The predicted molar refractivity (Wildman–Crippen MR) is 64.0 cm³/mol. The number of carbonyl (C=O) groups excluding carboxylic acids is 1. The molecule has 1 fully saturated rings. The molecule has 2 aromatic heterocycles. The van der Waals surface area contributed by atoms with Crippen molar-refractivity contribution >= 4 is 23.0 Å². The molecule has 1 aliphatic rings. The van der Waals surface area contributed by atoms with E-state index in [0.717, 1.165) is 0 Å². The van der Waals surface area contributed by atoms with Crippen LogP contribution in [0.25, 0.3) is 11.2 Å². The molecule has 19 heavy (non-hydrogen) atoms. The number of aromatic nitrogens is 4. The number of halogens is 1. The number of esters is 1. The summed E-state index contributed by atoms with van der Waals surface area (Å²) in [5.74, 6) is 0.141. The van der Waals surface area contributed by atoms with Gasteiger partial charge in [-0.1, -0.05) is 0 Å². The van der Waals surface area contributed by atoms with Crippen LogP contribution in [0.1, 0.15) is 13.3 Å². The number of fused-ring (bicyclic) bond motifs is 1. The van der Waals surface area contributed by atoms with Crippen LogP contribution in [0.3, 0.4) is 0 Å². The summed E-state index contributed by atoms with van der Waals surface area (Å²) >= 11 is 0. The molecule has 1 saturated heterocycles. The molecular formula is C11H12FN5O2. The summed E-state index contributed by atoms with van der Waals surface area (Å²) in [5.41, 5.74) is 0.878. The number of hydrogen-bond donors (Lipinski definition) is 1. The van der Waals surface area contributed by atoms with Crippen molar-refractivity contribution in [2.45, 2.75) is 19.4 Å². The molecule has 3 rings (SSSR count). The fourth-order valence-electron chi connectivity index (χ4n) is 2.27. The number of aromatic amines is 1. The molecule has 0 radical (unpaired) electrons. The molecule has 2 aromatic rings. The van der Waals surface area contributed by atoms with E-state index in [1.54, 1.807) is 0 Å². The van der Waals surface area contributed by atoms with Gasteiger partial charge in [-0.25, -0.2) is 4.98 Å². The average Bonchev–Trinajstić information content (AvgIpc) is 2.95. The van der Waals surface area contributed by atoms with E-state index in [1.807, 2.05) is 4.90 Å². The summed E-state index contributed by atoms with van der Waals surface area (Å²) < 4.78 is 18.5. The van der Waals surface area contributed by atoms with E-state index in [2.05, 4.69) is 19.9 Å². The minimum Gasteiger partial charge on any atom is -0.461 e. The van der Waals surface area contributed by atoms with Crippen molar-refractivity contribution in [1.29, 1.82) is 0 Å². The van der Waals surface area contributed by atoms with Crippen LogP contribution >= 0.6 is 0 Å². The summed E-state index contributed by atoms with van der Waals surface area (Å²) in [5, 5.41) is 0. The lowest BCUT2D eigenvalue weighted by Gasteiger charge is -2.17. The summed E-state index contributed by atoms with van der Waals surface area (Å²) in [6.07, 6.45) is 1.14. The van der Waals surface area contributed by atoms with E-state index in [-0.39, 0.29) is 12.1 Å². The molecule has 0 saturated carbocycles. The van der Waals surface area contributed by atoms with Crippen molar-refractivity contribution in [3.8, 4) is 0 Å². The smallest absolute Gasteiger partial charge is 0.312 e. The van der Waals surface area contributed by atoms with Gasteiger partial charge in [0.1, 0.15) is 11.6 Å². The maximum Gasteiger partial charge on any atom is 0.312 e. The molecule has 0 spiro atoms. The minimum absolute atomic E-state index is 0.187. The molecule has 1 N–H and O–H groups in total. The molecule has 3 heterocycles. The molecule has 100 valence electrons. The number of rotatable bonds is 2. The Morgan fingerprint density at radius 1 is 1.58 bits per heavy atom. The van der Waals surface area contributed by atoms with Crippen LogP contribution in [0.4, 0.5) is 10.2 Å². The molecule has 7 nitrogen and oxygen atoms in total. The van der Waals surface area contributed by atoms with Gasteiger partial charge in [-0.3, -0.25) is 4.79 Å². The number of ether oxygens (including phenoxy) is 1. The lowest BCUT2D eigenvalue weighted by atomic mass is 10.3. The SMILES string of the molecule is CC(=O)O[C@H]1CCN(c2nc(F)nc3nc[nH]c23)C1. The Balaban J connectivity index is 1.89. The Bertz CT molecular complexity index is 629. The zero-order chi connectivity index (χ0) is 13.4. The second kappa shape index (κ2) is 4.45. The Kier molecular flexibility index (Phi) is 2.77. The minimum atomic E-state index is -0.814. The van der Waals surface area contributed by atoms with Crippen molar-refractivity contribution in [2.75, 3.05) is 18.0 Å². The van der Waals surface area contributed by atoms with Crippen LogP contribution in [0.5, 0.6) is 0 Å². The van der Waals surface area contributed by atoms with Crippen LogP contribution in [0.2, 0.25) is 0 Å². The number of imidazole rings is 1. The van der Waals surface area contributed by atoms with Gasteiger partial charge in [0.2, 0.25) is 0 Å². The van der Waals surface area contributed by atoms with E-state index < -0.39 is 6.08 Å². The molecule has 1 aliphatic heterocycles. The molecule has 0 unspecified atom stereocenters. The first-order valence-electron chi connectivity index (χ1n) is 5.92. The summed E-state index contributed by atoms with van der Waals surface area (Å²) in [6.45, 7) is 2.51. The summed E-state index contributed by atoms with van der Waals surface area (Å²) in [7, 11) is 0. The number of hydrogen-bond acceptors (Lipinski definition) is 6. The van der Waals surface area contributed by atoms with Gasteiger partial charge in [-0.15, -0.1) is 0 Å². The van der Waals surface area contributed by atoms with E-state index in [0.29, 0.717) is 36.5 Å². The normalized spacial score (nSPS) is 19.1. The predicted octanol–water partition coefficient (Wildman–Crippen LogP) is 0.634. The van der Waals surface area contributed by atoms with Gasteiger partial charge in [0.05, 0.1) is 12.9 Å². The second-order valence-electron chi connectivity index (χ2n) is 4.38. The highest BCUT2D eigenvalue weighted by Crippen LogP contribution is 2.25. The number of carbonyl (C=O) groups is 1. The first-order chi connectivity index (χ1) is 9.13. The highest BCUT2D eigenvalue weighted by atomic mass is 19.1. The second-order valence-corrected chi connectivity index (χ2v) is 4.38. The van der Waals surface area contributed by atoms with E-state index in [4.69, 9.17) is 4.74 Å². The zero-order valence-corrected chi connectivity index (χ0v) is 10.3. The van der Waals surface area contributed by atoms with Crippen molar-refractivity contribution in [3.63, 3.8) is 0 Å². The Hall–Kier alpha value is -2.25. The summed E-state index contributed by atoms with van der Waals surface area (Å²) in [6, 6.07) is 0. The first kappa shape index (κ1) is 11.8. The van der Waals surface area contributed by atoms with Gasteiger partial charge in [0.25, 0.3) is 0 Å². The molecular weight excluding hydrogens is 253 g/mol. The maximum absolute atomic E-state index is 13.3. The van der Waals surface area contributed by atoms with Gasteiger partial charge in [-0.2, -0.15) is 14.4 Å². The lowest BCUT2D eigenvalue weighted by molar-refractivity contribution is -0.145. The third-order valence-electron chi connectivity index (χ3n) is 3.02. The van der Waals surface area contributed by atoms with E-state index in [1.165, 1.54) is 13.3 Å². The molecule has 1 atom stereocenters. The lowest BCUT2D eigenvalue weighted by Crippen LogP contribution is -2.25. The number of anilines is 1. The van der Waals surface area contributed by atoms with Gasteiger partial charge < -0.3 is 14.6 Å². The number of H-pyrrole nitrogens is 1. The molecule has 0 aliphatic carbocycles. The monoisotopic (exact) mass is 265 g/mol. The van der Waals surface area contributed by atoms with Gasteiger partial charge >= 0.3 is 12.0 Å². The van der Waals surface area contributed by atoms with Gasteiger partial charge in [0.15, 0.2) is 11.5 Å². The number of nitrogens with zero attached hydrogens (tertiary/aromatic N) is 4. The van der Waals surface area contributed by atoms with Crippen molar-refractivity contribution in [1.82, 2.24) is 19.9 Å².